The summed E-state index contributed by atoms with van der Waals surface area (Å²) in [5, 5.41) is 0. The van der Waals surface area contributed by atoms with E-state index in [1.165, 1.54) is 18.2 Å². The van der Waals surface area contributed by atoms with Crippen LogP contribution in [0.15, 0.2) is 48.5 Å². The first-order valence-corrected chi connectivity index (χ1v) is 7.33. The van der Waals surface area contributed by atoms with E-state index in [9.17, 15) is 18.0 Å². The van der Waals surface area contributed by atoms with Gasteiger partial charge in [0, 0.05) is 0 Å². The summed E-state index contributed by atoms with van der Waals surface area (Å²) in [5.74, 6) is -0.0104. The minimum atomic E-state index is -4.51. The molecule has 0 radical (unpaired) electrons. The minimum absolute atomic E-state index is 0.229. The number of halogens is 3. The van der Waals surface area contributed by atoms with E-state index >= 15 is 0 Å². The molecule has 0 bridgehead atoms. The average molecular weight is 338 g/mol. The third kappa shape index (κ3) is 4.65. The van der Waals surface area contributed by atoms with E-state index in [0.29, 0.717) is 5.75 Å². The first-order chi connectivity index (χ1) is 11.4. The lowest BCUT2D eigenvalue weighted by molar-refractivity contribution is -0.137. The lowest BCUT2D eigenvalue weighted by Gasteiger charge is -2.15. The Morgan fingerprint density at radius 1 is 1.08 bits per heavy atom. The number of amides is 1. The van der Waals surface area contributed by atoms with Crippen LogP contribution in [0, 0.1) is 0 Å². The van der Waals surface area contributed by atoms with Crippen molar-refractivity contribution in [1.29, 1.82) is 0 Å². The molecule has 128 valence electrons. The first kappa shape index (κ1) is 17.7. The number of hydrazine groups is 1. The number of alkyl halides is 3. The number of carbonyl (C=O) groups excluding carboxylic acids is 1. The number of nitrogens with one attached hydrogen (secondary N) is 2. The fraction of sp³-hybridized carbons (Fsp3) is 0.235. The quantitative estimate of drug-likeness (QED) is 0.788. The maximum Gasteiger partial charge on any atom is 0.418 e. The van der Waals surface area contributed by atoms with Crippen molar-refractivity contribution in [3.63, 3.8) is 0 Å². The molecule has 0 aromatic heterocycles. The molecule has 2 aromatic rings. The molecule has 0 fully saturated rings. The Kier molecular flexibility index (Phi) is 5.68. The normalized spacial score (nSPS) is 11.0. The zero-order valence-electron chi connectivity index (χ0n) is 13.0. The smallest absolute Gasteiger partial charge is 0.418 e. The topological polar surface area (TPSA) is 50.4 Å². The summed E-state index contributed by atoms with van der Waals surface area (Å²) in [4.78, 5) is 11.8. The second kappa shape index (κ2) is 7.72. The van der Waals surface area contributed by atoms with Crippen LogP contribution in [0.2, 0.25) is 0 Å². The third-order valence-corrected chi connectivity index (χ3v) is 3.28. The van der Waals surface area contributed by atoms with Crippen molar-refractivity contribution in [2.45, 2.75) is 19.5 Å². The third-order valence-electron chi connectivity index (χ3n) is 3.28. The van der Waals surface area contributed by atoms with Crippen molar-refractivity contribution in [3.8, 4) is 5.75 Å². The Hall–Kier alpha value is -2.70. The molecule has 2 rings (SSSR count). The van der Waals surface area contributed by atoms with Crippen LogP contribution in [-0.2, 0) is 17.4 Å². The maximum atomic E-state index is 12.8. The maximum absolute atomic E-state index is 12.8. The number of hydrogen-bond donors (Lipinski definition) is 2. The number of benzene rings is 2. The lowest BCUT2D eigenvalue weighted by atomic mass is 10.1. The van der Waals surface area contributed by atoms with E-state index in [2.05, 4.69) is 10.9 Å². The zero-order valence-corrected chi connectivity index (χ0v) is 13.0. The van der Waals surface area contributed by atoms with Gasteiger partial charge >= 0.3 is 6.18 Å². The summed E-state index contributed by atoms with van der Waals surface area (Å²) >= 11 is 0. The Bertz CT molecular complexity index is 702. The van der Waals surface area contributed by atoms with Crippen LogP contribution in [-0.4, -0.2) is 12.5 Å². The highest BCUT2D eigenvalue weighted by molar-refractivity contribution is 5.79. The molecule has 0 unspecified atom stereocenters. The van der Waals surface area contributed by atoms with Crippen LogP contribution in [0.1, 0.15) is 18.1 Å². The molecule has 24 heavy (non-hydrogen) atoms. The van der Waals surface area contributed by atoms with Gasteiger partial charge in [0.1, 0.15) is 5.75 Å². The minimum Gasteiger partial charge on any atom is -0.483 e. The number of aryl methyl sites for hydroxylation is 1. The summed E-state index contributed by atoms with van der Waals surface area (Å²) in [6.07, 6.45) is -3.76. The van der Waals surface area contributed by atoms with Gasteiger partial charge in [-0.15, -0.1) is 0 Å². The standard InChI is InChI=1S/C17H17F3N2O2/c1-2-12-7-3-6-10-15(12)24-11-16(23)22-21-14-9-5-4-8-13(14)17(18,19)20/h3-10,21H,2,11H2,1H3,(H,22,23). The van der Waals surface area contributed by atoms with E-state index in [1.54, 1.807) is 12.1 Å². The molecule has 0 atom stereocenters. The molecule has 0 heterocycles. The number of para-hydroxylation sites is 2. The summed E-state index contributed by atoms with van der Waals surface area (Å²) in [6.45, 7) is 1.65. The van der Waals surface area contributed by atoms with Gasteiger partial charge in [0.15, 0.2) is 6.61 Å². The molecule has 2 aromatic carbocycles. The van der Waals surface area contributed by atoms with Crippen molar-refractivity contribution < 1.29 is 22.7 Å². The number of anilines is 1. The van der Waals surface area contributed by atoms with Crippen LogP contribution in [0.5, 0.6) is 5.75 Å². The highest BCUT2D eigenvalue weighted by Crippen LogP contribution is 2.34. The molecular formula is C17H17F3N2O2. The Balaban J connectivity index is 1.93. The molecular weight excluding hydrogens is 321 g/mol. The number of ether oxygens (including phenoxy) is 1. The van der Waals surface area contributed by atoms with Crippen molar-refractivity contribution in [2.75, 3.05) is 12.0 Å². The highest BCUT2D eigenvalue weighted by Gasteiger charge is 2.33. The Labute approximate surface area is 137 Å². The SMILES string of the molecule is CCc1ccccc1OCC(=O)NNc1ccccc1C(F)(F)F. The lowest BCUT2D eigenvalue weighted by Crippen LogP contribution is -2.34. The number of rotatable bonds is 6. The van der Waals surface area contributed by atoms with Gasteiger partial charge in [0.2, 0.25) is 0 Å². The molecule has 0 saturated heterocycles. The molecule has 4 nitrogen and oxygen atoms in total. The monoisotopic (exact) mass is 338 g/mol. The largest absolute Gasteiger partial charge is 0.483 e. The molecule has 2 N–H and O–H groups in total. The summed E-state index contributed by atoms with van der Waals surface area (Å²) < 4.78 is 43.9. The number of carbonyl (C=O) groups is 1. The summed E-state index contributed by atoms with van der Waals surface area (Å²) in [7, 11) is 0. The molecule has 0 aliphatic rings. The van der Waals surface area contributed by atoms with E-state index < -0.39 is 17.6 Å². The van der Waals surface area contributed by atoms with E-state index in [4.69, 9.17) is 4.74 Å². The van der Waals surface area contributed by atoms with E-state index in [-0.39, 0.29) is 12.3 Å². The Morgan fingerprint density at radius 3 is 2.46 bits per heavy atom. The van der Waals surface area contributed by atoms with Gasteiger partial charge < -0.3 is 4.74 Å². The predicted molar refractivity (Wildman–Crippen MR) is 84.5 cm³/mol. The van der Waals surface area contributed by atoms with Crippen molar-refractivity contribution in [2.24, 2.45) is 0 Å². The molecule has 0 spiro atoms. The molecule has 1 amide bonds. The highest BCUT2D eigenvalue weighted by atomic mass is 19.4. The van der Waals surface area contributed by atoms with E-state index in [1.807, 2.05) is 19.1 Å². The first-order valence-electron chi connectivity index (χ1n) is 7.33. The molecule has 0 aliphatic carbocycles. The van der Waals surface area contributed by atoms with Crippen LogP contribution in [0.3, 0.4) is 0 Å². The second-order valence-corrected chi connectivity index (χ2v) is 4.97. The van der Waals surface area contributed by atoms with Gasteiger partial charge in [-0.3, -0.25) is 15.6 Å². The van der Waals surface area contributed by atoms with Crippen LogP contribution >= 0.6 is 0 Å². The fourth-order valence-corrected chi connectivity index (χ4v) is 2.09. The second-order valence-electron chi connectivity index (χ2n) is 4.97. The summed E-state index contributed by atoms with van der Waals surface area (Å²) in [6, 6.07) is 12.1. The van der Waals surface area contributed by atoms with Crippen molar-refractivity contribution in [1.82, 2.24) is 5.43 Å². The van der Waals surface area contributed by atoms with Crippen LogP contribution in [0.4, 0.5) is 18.9 Å². The average Bonchev–Trinajstić information content (AvgIpc) is 2.57. The Morgan fingerprint density at radius 2 is 1.75 bits per heavy atom. The van der Waals surface area contributed by atoms with Crippen LogP contribution in [0.25, 0.3) is 0 Å². The molecule has 7 heteroatoms. The van der Waals surface area contributed by atoms with Gasteiger partial charge in [0.05, 0.1) is 11.3 Å². The number of hydrogen-bond acceptors (Lipinski definition) is 3. The summed E-state index contributed by atoms with van der Waals surface area (Å²) in [5.41, 5.74) is 4.35. The van der Waals surface area contributed by atoms with Gasteiger partial charge in [-0.2, -0.15) is 13.2 Å². The molecule has 0 saturated carbocycles. The predicted octanol–water partition coefficient (Wildman–Crippen LogP) is 3.79. The zero-order chi connectivity index (χ0) is 17.6. The van der Waals surface area contributed by atoms with Gasteiger partial charge in [0.25, 0.3) is 5.91 Å². The van der Waals surface area contributed by atoms with Crippen LogP contribution < -0.4 is 15.6 Å². The van der Waals surface area contributed by atoms with Crippen molar-refractivity contribution >= 4 is 11.6 Å². The van der Waals surface area contributed by atoms with Gasteiger partial charge in [-0.1, -0.05) is 37.3 Å². The fourth-order valence-electron chi connectivity index (χ4n) is 2.09. The van der Waals surface area contributed by atoms with Gasteiger partial charge in [-0.25, -0.2) is 0 Å². The van der Waals surface area contributed by atoms with E-state index in [0.717, 1.165) is 18.1 Å². The molecule has 0 aliphatic heterocycles. The van der Waals surface area contributed by atoms with Crippen molar-refractivity contribution in [3.05, 3.63) is 59.7 Å². The van der Waals surface area contributed by atoms with Gasteiger partial charge in [-0.05, 0) is 30.2 Å².